The molecule has 0 fully saturated rings. The molecule has 25 heavy (non-hydrogen) atoms. The molecule has 0 aliphatic heterocycles. The number of aromatic nitrogens is 1. The quantitative estimate of drug-likeness (QED) is 0.659. The largest absolute Gasteiger partial charge is 0.495 e. The number of carbonyl (C=O) groups excluding carboxylic acids is 1. The molecule has 2 aromatic carbocycles. The molecule has 0 saturated heterocycles. The summed E-state index contributed by atoms with van der Waals surface area (Å²) < 4.78 is 41.9. The molecule has 0 spiro atoms. The van der Waals surface area contributed by atoms with Gasteiger partial charge < -0.3 is 15.0 Å². The summed E-state index contributed by atoms with van der Waals surface area (Å²) in [4.78, 5) is 14.9. The van der Waals surface area contributed by atoms with E-state index < -0.39 is 21.7 Å². The van der Waals surface area contributed by atoms with Gasteiger partial charge in [0.25, 0.3) is 5.91 Å². The highest BCUT2D eigenvalue weighted by Crippen LogP contribution is 2.26. The van der Waals surface area contributed by atoms with Gasteiger partial charge in [-0.2, -0.15) is 0 Å². The molecule has 0 bridgehead atoms. The lowest BCUT2D eigenvalue weighted by molar-refractivity contribution is 0.102. The maximum Gasteiger partial charge on any atom is 0.272 e. The Morgan fingerprint density at radius 3 is 2.64 bits per heavy atom. The summed E-state index contributed by atoms with van der Waals surface area (Å²) in [7, 11) is -2.72. The average Bonchev–Trinajstić information content (AvgIpc) is 3.00. The van der Waals surface area contributed by atoms with Crippen LogP contribution < -0.4 is 15.2 Å². The Balaban J connectivity index is 1.93. The maximum absolute atomic E-state index is 13.7. The van der Waals surface area contributed by atoms with Crippen molar-refractivity contribution in [3.05, 3.63) is 54.0 Å². The summed E-state index contributed by atoms with van der Waals surface area (Å²) in [5.41, 5.74) is 0.812. The third-order valence-corrected chi connectivity index (χ3v) is 4.52. The number of nitrogens with two attached hydrogens (primary N) is 1. The fraction of sp³-hybridized carbons (Fsp3) is 0.0625. The van der Waals surface area contributed by atoms with Crippen LogP contribution in [0, 0.1) is 5.82 Å². The lowest BCUT2D eigenvalue weighted by atomic mass is 10.2. The third-order valence-electron chi connectivity index (χ3n) is 3.58. The Kier molecular flexibility index (Phi) is 4.19. The van der Waals surface area contributed by atoms with E-state index in [1.54, 1.807) is 6.07 Å². The van der Waals surface area contributed by atoms with Crippen molar-refractivity contribution in [1.29, 1.82) is 0 Å². The van der Waals surface area contributed by atoms with Gasteiger partial charge in [0.15, 0.2) is 0 Å². The van der Waals surface area contributed by atoms with E-state index >= 15 is 0 Å². The number of carbonyl (C=O) groups is 1. The number of aromatic amines is 1. The van der Waals surface area contributed by atoms with Crippen LogP contribution in [-0.4, -0.2) is 26.4 Å². The molecule has 3 rings (SSSR count). The molecule has 1 amide bonds. The summed E-state index contributed by atoms with van der Waals surface area (Å²) >= 11 is 0. The summed E-state index contributed by atoms with van der Waals surface area (Å²) in [6.45, 7) is 0. The first-order chi connectivity index (χ1) is 11.8. The number of primary sulfonamides is 1. The lowest BCUT2D eigenvalue weighted by Crippen LogP contribution is -2.16. The summed E-state index contributed by atoms with van der Waals surface area (Å²) in [5, 5.41) is 7.96. The molecule has 0 aliphatic rings. The van der Waals surface area contributed by atoms with Crippen molar-refractivity contribution in [3.8, 4) is 5.75 Å². The van der Waals surface area contributed by atoms with Crippen LogP contribution in [0.25, 0.3) is 10.9 Å². The van der Waals surface area contributed by atoms with E-state index in [9.17, 15) is 17.6 Å². The minimum absolute atomic E-state index is 0.0631. The number of hydrogen-bond acceptors (Lipinski definition) is 4. The Morgan fingerprint density at radius 2 is 2.00 bits per heavy atom. The molecule has 0 atom stereocenters. The van der Waals surface area contributed by atoms with Crippen LogP contribution in [0.4, 0.5) is 10.1 Å². The first-order valence-corrected chi connectivity index (χ1v) is 8.63. The smallest absolute Gasteiger partial charge is 0.272 e. The van der Waals surface area contributed by atoms with E-state index in [0.29, 0.717) is 5.52 Å². The van der Waals surface area contributed by atoms with E-state index in [4.69, 9.17) is 9.88 Å². The van der Waals surface area contributed by atoms with Gasteiger partial charge in [-0.05, 0) is 36.4 Å². The van der Waals surface area contributed by atoms with Crippen LogP contribution in [0.1, 0.15) is 10.5 Å². The van der Waals surface area contributed by atoms with Crippen LogP contribution in [0.2, 0.25) is 0 Å². The summed E-state index contributed by atoms with van der Waals surface area (Å²) in [6, 6.07) is 9.87. The fourth-order valence-corrected chi connectivity index (χ4v) is 3.14. The number of hydrogen-bond donors (Lipinski definition) is 3. The Hall–Kier alpha value is -2.91. The van der Waals surface area contributed by atoms with Gasteiger partial charge in [0.2, 0.25) is 10.0 Å². The minimum atomic E-state index is -4.03. The fourth-order valence-electron chi connectivity index (χ4n) is 2.42. The SMILES string of the molecule is COc1ccc(NC(=O)c2cc3c(F)cccc3[nH]2)cc1S(N)(=O)=O. The monoisotopic (exact) mass is 363 g/mol. The number of H-pyrrole nitrogens is 1. The van der Waals surface area contributed by atoms with Crippen molar-refractivity contribution in [2.45, 2.75) is 4.90 Å². The second-order valence-corrected chi connectivity index (χ2v) is 6.78. The van der Waals surface area contributed by atoms with Gasteiger partial charge in [-0.15, -0.1) is 0 Å². The molecule has 1 heterocycles. The van der Waals surface area contributed by atoms with Gasteiger partial charge in [-0.3, -0.25) is 4.79 Å². The highest BCUT2D eigenvalue weighted by molar-refractivity contribution is 7.89. The van der Waals surface area contributed by atoms with E-state index in [2.05, 4.69) is 10.3 Å². The lowest BCUT2D eigenvalue weighted by Gasteiger charge is -2.09. The van der Waals surface area contributed by atoms with Gasteiger partial charge in [-0.1, -0.05) is 6.07 Å². The van der Waals surface area contributed by atoms with Crippen molar-refractivity contribution in [1.82, 2.24) is 4.98 Å². The molecule has 0 aliphatic carbocycles. The number of rotatable bonds is 4. The van der Waals surface area contributed by atoms with Crippen molar-refractivity contribution < 1.29 is 22.3 Å². The van der Waals surface area contributed by atoms with Crippen molar-refractivity contribution in [3.63, 3.8) is 0 Å². The van der Waals surface area contributed by atoms with Gasteiger partial charge in [0.05, 0.1) is 7.11 Å². The first kappa shape index (κ1) is 16.9. The van der Waals surface area contributed by atoms with E-state index in [1.807, 2.05) is 0 Å². The average molecular weight is 363 g/mol. The molecule has 9 heteroatoms. The van der Waals surface area contributed by atoms with Crippen LogP contribution in [-0.2, 0) is 10.0 Å². The first-order valence-electron chi connectivity index (χ1n) is 7.09. The molecule has 0 saturated carbocycles. The molecular weight excluding hydrogens is 349 g/mol. The van der Waals surface area contributed by atoms with Crippen LogP contribution in [0.3, 0.4) is 0 Å². The number of benzene rings is 2. The molecule has 0 unspecified atom stereocenters. The minimum Gasteiger partial charge on any atom is -0.495 e. The molecule has 3 aromatic rings. The van der Waals surface area contributed by atoms with E-state index in [0.717, 1.165) is 0 Å². The summed E-state index contributed by atoms with van der Waals surface area (Å²) in [5.74, 6) is -0.942. The highest BCUT2D eigenvalue weighted by atomic mass is 32.2. The van der Waals surface area contributed by atoms with E-state index in [-0.39, 0.29) is 27.4 Å². The molecule has 1 aromatic heterocycles. The van der Waals surface area contributed by atoms with Gasteiger partial charge in [-0.25, -0.2) is 17.9 Å². The number of sulfonamides is 1. The molecule has 130 valence electrons. The van der Waals surface area contributed by atoms with Gasteiger partial charge >= 0.3 is 0 Å². The molecule has 7 nitrogen and oxygen atoms in total. The zero-order chi connectivity index (χ0) is 18.2. The maximum atomic E-state index is 13.7. The van der Waals surface area contributed by atoms with Crippen LogP contribution >= 0.6 is 0 Å². The number of anilines is 1. The normalized spacial score (nSPS) is 11.5. The number of fused-ring (bicyclic) bond motifs is 1. The van der Waals surface area contributed by atoms with Crippen molar-refractivity contribution >= 4 is 32.5 Å². The summed E-state index contributed by atoms with van der Waals surface area (Å²) in [6.07, 6.45) is 0. The second kappa shape index (κ2) is 6.19. The van der Waals surface area contributed by atoms with Crippen molar-refractivity contribution in [2.24, 2.45) is 5.14 Å². The molecule has 4 N–H and O–H groups in total. The standard InChI is InChI=1S/C16H14FN3O4S/c1-24-14-6-5-9(7-15(14)25(18,22)23)19-16(21)13-8-10-11(17)3-2-4-12(10)20-13/h2-8,20H,1H3,(H,19,21)(H2,18,22,23). The Bertz CT molecular complexity index is 1080. The van der Waals surface area contributed by atoms with Gasteiger partial charge in [0, 0.05) is 16.6 Å². The Labute approximate surface area is 142 Å². The molecular formula is C16H14FN3O4S. The zero-order valence-electron chi connectivity index (χ0n) is 13.0. The predicted molar refractivity (Wildman–Crippen MR) is 90.6 cm³/mol. The number of halogens is 1. The van der Waals surface area contributed by atoms with Crippen LogP contribution in [0.5, 0.6) is 5.75 Å². The van der Waals surface area contributed by atoms with Gasteiger partial charge in [0.1, 0.15) is 22.2 Å². The van der Waals surface area contributed by atoms with E-state index in [1.165, 1.54) is 43.5 Å². The highest BCUT2D eigenvalue weighted by Gasteiger charge is 2.17. The number of amides is 1. The Morgan fingerprint density at radius 1 is 1.24 bits per heavy atom. The predicted octanol–water partition coefficient (Wildman–Crippen LogP) is 2.22. The number of nitrogens with one attached hydrogen (secondary N) is 2. The van der Waals surface area contributed by atoms with Crippen molar-refractivity contribution in [2.75, 3.05) is 12.4 Å². The zero-order valence-corrected chi connectivity index (χ0v) is 13.9. The third kappa shape index (κ3) is 3.32. The molecule has 0 radical (unpaired) electrons. The number of methoxy groups -OCH3 is 1. The topological polar surface area (TPSA) is 114 Å². The number of ether oxygens (including phenoxy) is 1. The second-order valence-electron chi connectivity index (χ2n) is 5.25. The van der Waals surface area contributed by atoms with Crippen LogP contribution in [0.15, 0.2) is 47.4 Å².